The Morgan fingerprint density at radius 1 is 1.80 bits per heavy atom. The van der Waals surface area contributed by atoms with E-state index in [0.29, 0.717) is 0 Å². The molecule has 0 saturated heterocycles. The molecule has 0 nitrogen and oxygen atoms in total. The monoisotopic (exact) mass is 67.1 g/mol. The fourth-order valence-corrected chi connectivity index (χ4v) is 0. The van der Waals surface area contributed by atoms with Crippen LogP contribution in [0.2, 0.25) is 0 Å². The lowest BCUT2D eigenvalue weighted by atomic mass is 10.4. The van der Waals surface area contributed by atoms with Crippen molar-refractivity contribution in [1.82, 2.24) is 0 Å². The van der Waals surface area contributed by atoms with Gasteiger partial charge in [-0.3, -0.25) is 0 Å². The van der Waals surface area contributed by atoms with E-state index in [2.05, 4.69) is 19.2 Å². The predicted octanol–water partition coefficient (Wildman–Crippen LogP) is 1.55. The van der Waals surface area contributed by atoms with Crippen LogP contribution in [-0.2, 0) is 0 Å². The Labute approximate surface area is 32.8 Å². The highest BCUT2D eigenvalue weighted by Crippen LogP contribution is 1.76. The Morgan fingerprint density at radius 2 is 2.00 bits per heavy atom. The second-order valence-electron chi connectivity index (χ2n) is 0.957. The average molecular weight is 67.1 g/mol. The van der Waals surface area contributed by atoms with Gasteiger partial charge in [0.05, 0.1) is 0 Å². The van der Waals surface area contributed by atoms with Crippen LogP contribution >= 0.6 is 0 Å². The summed E-state index contributed by atoms with van der Waals surface area (Å²) in [7, 11) is 0. The SMILES string of the molecule is [CH2]C(C)=C=C. The average Bonchev–Trinajstić information content (AvgIpc) is 1.38. The van der Waals surface area contributed by atoms with Gasteiger partial charge >= 0.3 is 0 Å². The zero-order chi connectivity index (χ0) is 4.28. The van der Waals surface area contributed by atoms with E-state index < -0.39 is 0 Å². The molecule has 1 radical (unpaired) electrons. The Hall–Kier alpha value is -0.480. The summed E-state index contributed by atoms with van der Waals surface area (Å²) in [5.74, 6) is 0. The molecule has 0 aromatic heterocycles. The Balaban J connectivity index is 3.60. The van der Waals surface area contributed by atoms with Crippen molar-refractivity contribution in [3.05, 3.63) is 24.8 Å². The van der Waals surface area contributed by atoms with Crippen LogP contribution in [0.4, 0.5) is 0 Å². The van der Waals surface area contributed by atoms with E-state index in [9.17, 15) is 0 Å². The van der Waals surface area contributed by atoms with Crippen LogP contribution in [0.15, 0.2) is 17.9 Å². The summed E-state index contributed by atoms with van der Waals surface area (Å²) in [6.07, 6.45) is 0. The molecule has 5 heavy (non-hydrogen) atoms. The fraction of sp³-hybridized carbons (Fsp3) is 0.200. The van der Waals surface area contributed by atoms with Crippen LogP contribution in [0.25, 0.3) is 0 Å². The largest absolute Gasteiger partial charge is 0.130 e. The van der Waals surface area contributed by atoms with Gasteiger partial charge in [-0.25, -0.2) is 0 Å². The van der Waals surface area contributed by atoms with Crippen molar-refractivity contribution in [2.45, 2.75) is 6.92 Å². The van der Waals surface area contributed by atoms with E-state index in [0.717, 1.165) is 5.57 Å². The molecule has 0 aromatic rings. The lowest BCUT2D eigenvalue weighted by molar-refractivity contribution is 1.56. The molecule has 0 aliphatic rings. The number of allylic oxidation sites excluding steroid dienone is 1. The number of hydrogen-bond donors (Lipinski definition) is 0. The van der Waals surface area contributed by atoms with Gasteiger partial charge in [0.1, 0.15) is 0 Å². The van der Waals surface area contributed by atoms with Gasteiger partial charge in [0.15, 0.2) is 0 Å². The summed E-state index contributed by atoms with van der Waals surface area (Å²) in [5, 5.41) is 0. The number of hydrogen-bond acceptors (Lipinski definition) is 0. The van der Waals surface area contributed by atoms with Gasteiger partial charge in [-0.05, 0) is 19.4 Å². The van der Waals surface area contributed by atoms with Crippen molar-refractivity contribution in [2.75, 3.05) is 0 Å². The molecular formula is C5H7. The van der Waals surface area contributed by atoms with Crippen molar-refractivity contribution < 1.29 is 0 Å². The molecule has 0 saturated carbocycles. The summed E-state index contributed by atoms with van der Waals surface area (Å²) in [6, 6.07) is 0. The van der Waals surface area contributed by atoms with Crippen LogP contribution < -0.4 is 0 Å². The number of rotatable bonds is 0. The van der Waals surface area contributed by atoms with Gasteiger partial charge in [-0.1, -0.05) is 6.58 Å². The van der Waals surface area contributed by atoms with E-state index in [1.165, 1.54) is 0 Å². The molecular weight excluding hydrogens is 60.1 g/mol. The third-order valence-corrected chi connectivity index (χ3v) is 0.302. The second-order valence-corrected chi connectivity index (χ2v) is 0.957. The molecule has 0 aliphatic heterocycles. The van der Waals surface area contributed by atoms with Crippen molar-refractivity contribution in [2.24, 2.45) is 0 Å². The molecule has 0 fully saturated rings. The van der Waals surface area contributed by atoms with E-state index in [4.69, 9.17) is 0 Å². The third kappa shape index (κ3) is 3.52. The molecule has 0 aromatic carbocycles. The predicted molar refractivity (Wildman–Crippen MR) is 23.7 cm³/mol. The smallest absolute Gasteiger partial charge is 0.0204 e. The second kappa shape index (κ2) is 1.80. The van der Waals surface area contributed by atoms with Gasteiger partial charge < -0.3 is 0 Å². The molecule has 0 bridgehead atoms. The molecule has 0 heterocycles. The van der Waals surface area contributed by atoms with Gasteiger partial charge in [-0.2, -0.15) is 0 Å². The fourth-order valence-electron chi connectivity index (χ4n) is 0. The zero-order valence-electron chi connectivity index (χ0n) is 3.41. The minimum atomic E-state index is 0.894. The highest BCUT2D eigenvalue weighted by molar-refractivity contribution is 4.96. The molecule has 0 rings (SSSR count). The van der Waals surface area contributed by atoms with Crippen LogP contribution in [0.5, 0.6) is 0 Å². The molecule has 0 heteroatoms. The maximum atomic E-state index is 3.50. The highest BCUT2D eigenvalue weighted by atomic mass is 13.6. The summed E-state index contributed by atoms with van der Waals surface area (Å²) in [4.78, 5) is 0. The Morgan fingerprint density at radius 3 is 2.00 bits per heavy atom. The molecule has 0 spiro atoms. The van der Waals surface area contributed by atoms with Crippen LogP contribution in [-0.4, -0.2) is 0 Å². The first kappa shape index (κ1) is 4.52. The van der Waals surface area contributed by atoms with Crippen LogP contribution in [0.1, 0.15) is 6.92 Å². The van der Waals surface area contributed by atoms with Crippen molar-refractivity contribution in [1.29, 1.82) is 0 Å². The standard InChI is InChI=1S/C5H7/c1-4-5(2)3/h1-2H2,3H3. The molecule has 0 N–H and O–H groups in total. The van der Waals surface area contributed by atoms with Crippen LogP contribution in [0.3, 0.4) is 0 Å². The first-order chi connectivity index (χ1) is 2.27. The van der Waals surface area contributed by atoms with E-state index in [1.54, 1.807) is 0 Å². The summed E-state index contributed by atoms with van der Waals surface area (Å²) < 4.78 is 0. The first-order valence-corrected chi connectivity index (χ1v) is 1.46. The zero-order valence-corrected chi connectivity index (χ0v) is 3.41. The van der Waals surface area contributed by atoms with Gasteiger partial charge in [0, 0.05) is 0 Å². The molecule has 0 amide bonds. The summed E-state index contributed by atoms with van der Waals surface area (Å²) in [6.45, 7) is 8.69. The van der Waals surface area contributed by atoms with Crippen LogP contribution in [0, 0.1) is 6.92 Å². The van der Waals surface area contributed by atoms with E-state index >= 15 is 0 Å². The lowest BCUT2D eigenvalue weighted by Gasteiger charge is -1.66. The quantitative estimate of drug-likeness (QED) is 0.377. The van der Waals surface area contributed by atoms with E-state index in [1.807, 2.05) is 6.92 Å². The lowest BCUT2D eigenvalue weighted by Crippen LogP contribution is -1.48. The van der Waals surface area contributed by atoms with Gasteiger partial charge in [-0.15, -0.1) is 5.73 Å². The van der Waals surface area contributed by atoms with Crippen molar-refractivity contribution in [3.63, 3.8) is 0 Å². The third-order valence-electron chi connectivity index (χ3n) is 0.302. The molecule has 0 atom stereocenters. The minimum Gasteiger partial charge on any atom is -0.130 e. The molecule has 0 unspecified atom stereocenters. The minimum absolute atomic E-state index is 0.894. The van der Waals surface area contributed by atoms with Crippen molar-refractivity contribution >= 4 is 0 Å². The van der Waals surface area contributed by atoms with Crippen molar-refractivity contribution in [3.8, 4) is 0 Å². The first-order valence-electron chi connectivity index (χ1n) is 1.46. The Bertz CT molecular complexity index is 60.1. The normalized spacial score (nSPS) is 6.00. The topological polar surface area (TPSA) is 0 Å². The summed E-state index contributed by atoms with van der Waals surface area (Å²) in [5.41, 5.74) is 3.48. The van der Waals surface area contributed by atoms with Gasteiger partial charge in [0.2, 0.25) is 0 Å². The maximum Gasteiger partial charge on any atom is -0.0204 e. The van der Waals surface area contributed by atoms with Gasteiger partial charge in [0.25, 0.3) is 0 Å². The van der Waals surface area contributed by atoms with E-state index in [-0.39, 0.29) is 0 Å². The molecule has 27 valence electrons. The molecule has 0 aliphatic carbocycles. The Kier molecular flexibility index (Phi) is 1.63. The summed E-state index contributed by atoms with van der Waals surface area (Å²) >= 11 is 0. The highest BCUT2D eigenvalue weighted by Gasteiger charge is 1.58. The maximum absolute atomic E-state index is 3.50.